The zero-order chi connectivity index (χ0) is 13.9. The molecule has 0 heterocycles. The molecule has 0 unspecified atom stereocenters. The zero-order valence-corrected chi connectivity index (χ0v) is 11.9. The number of rotatable bonds is 2. The van der Waals surface area contributed by atoms with Crippen LogP contribution in [0.3, 0.4) is 0 Å². The fraction of sp³-hybridized carbons (Fsp3) is 0.158. The molecule has 0 radical (unpaired) electrons. The molecule has 0 spiro atoms. The second-order valence-electron chi connectivity index (χ2n) is 5.13. The van der Waals surface area contributed by atoms with Crippen LogP contribution in [0.5, 0.6) is 5.75 Å². The largest absolute Gasteiger partial charge is 0.497 e. The van der Waals surface area contributed by atoms with Gasteiger partial charge in [-0.15, -0.1) is 0 Å². The second-order valence-corrected chi connectivity index (χ2v) is 5.13. The Morgan fingerprint density at radius 3 is 2.65 bits per heavy atom. The van der Waals surface area contributed by atoms with Crippen molar-refractivity contribution in [2.45, 2.75) is 13.3 Å². The SMILES string of the molecule is COc1ccc2c(c1)=CC=C(c1cccc(C)c1)CC=2. The number of ether oxygens (including phenoxy) is 1. The summed E-state index contributed by atoms with van der Waals surface area (Å²) in [6.45, 7) is 2.13. The average molecular weight is 262 g/mol. The summed E-state index contributed by atoms with van der Waals surface area (Å²) in [6.07, 6.45) is 7.64. The zero-order valence-electron chi connectivity index (χ0n) is 11.9. The molecule has 0 aromatic heterocycles. The first-order chi connectivity index (χ1) is 9.76. The van der Waals surface area contributed by atoms with Crippen LogP contribution in [0.4, 0.5) is 0 Å². The monoisotopic (exact) mass is 262 g/mol. The van der Waals surface area contributed by atoms with Gasteiger partial charge in [0.15, 0.2) is 0 Å². The molecule has 0 saturated carbocycles. The number of fused-ring (bicyclic) bond motifs is 1. The van der Waals surface area contributed by atoms with Crippen LogP contribution in [0.2, 0.25) is 0 Å². The van der Waals surface area contributed by atoms with E-state index in [0.29, 0.717) is 0 Å². The van der Waals surface area contributed by atoms with Crippen LogP contribution in [0, 0.1) is 6.92 Å². The average Bonchev–Trinajstić information content (AvgIpc) is 2.69. The summed E-state index contributed by atoms with van der Waals surface area (Å²) in [7, 11) is 1.70. The predicted octanol–water partition coefficient (Wildman–Crippen LogP) is 3.05. The highest BCUT2D eigenvalue weighted by Gasteiger charge is 2.02. The van der Waals surface area contributed by atoms with Crippen molar-refractivity contribution in [3.8, 4) is 5.75 Å². The van der Waals surface area contributed by atoms with Crippen LogP contribution in [-0.2, 0) is 0 Å². The molecule has 0 aliphatic heterocycles. The van der Waals surface area contributed by atoms with Crippen molar-refractivity contribution in [2.24, 2.45) is 0 Å². The van der Waals surface area contributed by atoms with Gasteiger partial charge in [0.05, 0.1) is 7.11 Å². The molecule has 0 fully saturated rings. The van der Waals surface area contributed by atoms with Crippen LogP contribution in [0.1, 0.15) is 17.5 Å². The van der Waals surface area contributed by atoms with Crippen molar-refractivity contribution in [3.05, 3.63) is 70.1 Å². The normalized spacial score (nSPS) is 13.4. The maximum Gasteiger partial charge on any atom is 0.119 e. The van der Waals surface area contributed by atoms with Gasteiger partial charge in [-0.05, 0) is 47.1 Å². The molecule has 100 valence electrons. The molecular formula is C19H18O. The van der Waals surface area contributed by atoms with Crippen LogP contribution in [-0.4, -0.2) is 7.11 Å². The Balaban J connectivity index is 2.06. The Kier molecular flexibility index (Phi) is 3.42. The Labute approximate surface area is 119 Å². The Hall–Kier alpha value is -2.28. The highest BCUT2D eigenvalue weighted by molar-refractivity contribution is 5.76. The number of methoxy groups -OCH3 is 1. The van der Waals surface area contributed by atoms with Crippen LogP contribution >= 0.6 is 0 Å². The first-order valence-electron chi connectivity index (χ1n) is 6.88. The van der Waals surface area contributed by atoms with E-state index in [1.165, 1.54) is 27.1 Å². The van der Waals surface area contributed by atoms with E-state index in [0.717, 1.165) is 12.2 Å². The molecule has 0 amide bonds. The summed E-state index contributed by atoms with van der Waals surface area (Å²) in [6, 6.07) is 14.9. The van der Waals surface area contributed by atoms with Crippen LogP contribution in [0.15, 0.2) is 48.5 Å². The Morgan fingerprint density at radius 2 is 1.85 bits per heavy atom. The molecule has 1 nitrogen and oxygen atoms in total. The van der Waals surface area contributed by atoms with Gasteiger partial charge >= 0.3 is 0 Å². The molecule has 1 heteroatoms. The summed E-state index contributed by atoms with van der Waals surface area (Å²) in [5.74, 6) is 0.904. The minimum Gasteiger partial charge on any atom is -0.497 e. The van der Waals surface area contributed by atoms with Crippen LogP contribution in [0.25, 0.3) is 17.7 Å². The lowest BCUT2D eigenvalue weighted by molar-refractivity contribution is 0.414. The third-order valence-corrected chi connectivity index (χ3v) is 3.69. The minimum atomic E-state index is 0.904. The lowest BCUT2D eigenvalue weighted by Crippen LogP contribution is -2.23. The third-order valence-electron chi connectivity index (χ3n) is 3.69. The summed E-state index contributed by atoms with van der Waals surface area (Å²) in [5, 5.41) is 2.48. The predicted molar refractivity (Wildman–Crippen MR) is 84.9 cm³/mol. The fourth-order valence-electron chi connectivity index (χ4n) is 2.55. The number of hydrogen-bond acceptors (Lipinski definition) is 1. The maximum atomic E-state index is 5.29. The van der Waals surface area contributed by atoms with E-state index in [4.69, 9.17) is 4.74 Å². The van der Waals surface area contributed by atoms with Crippen molar-refractivity contribution in [2.75, 3.05) is 7.11 Å². The molecule has 2 aromatic rings. The van der Waals surface area contributed by atoms with Gasteiger partial charge in [-0.1, -0.05) is 54.1 Å². The van der Waals surface area contributed by atoms with Gasteiger partial charge in [-0.25, -0.2) is 0 Å². The van der Waals surface area contributed by atoms with E-state index >= 15 is 0 Å². The van der Waals surface area contributed by atoms with Gasteiger partial charge in [-0.3, -0.25) is 0 Å². The molecule has 0 saturated heterocycles. The van der Waals surface area contributed by atoms with Gasteiger partial charge in [-0.2, -0.15) is 0 Å². The van der Waals surface area contributed by atoms with Gasteiger partial charge in [0.1, 0.15) is 5.75 Å². The molecule has 3 rings (SSSR count). The van der Waals surface area contributed by atoms with E-state index in [-0.39, 0.29) is 0 Å². The summed E-state index contributed by atoms with van der Waals surface area (Å²) >= 11 is 0. The van der Waals surface area contributed by atoms with E-state index < -0.39 is 0 Å². The minimum absolute atomic E-state index is 0.904. The van der Waals surface area contributed by atoms with Gasteiger partial charge in [0.2, 0.25) is 0 Å². The summed E-state index contributed by atoms with van der Waals surface area (Å²) in [5.41, 5.74) is 3.95. The molecule has 0 bridgehead atoms. The van der Waals surface area contributed by atoms with Crippen molar-refractivity contribution in [1.82, 2.24) is 0 Å². The van der Waals surface area contributed by atoms with Gasteiger partial charge in [0.25, 0.3) is 0 Å². The lowest BCUT2D eigenvalue weighted by Gasteiger charge is -2.04. The van der Waals surface area contributed by atoms with E-state index in [1.807, 2.05) is 6.07 Å². The first-order valence-corrected chi connectivity index (χ1v) is 6.88. The van der Waals surface area contributed by atoms with E-state index in [2.05, 4.69) is 61.5 Å². The van der Waals surface area contributed by atoms with Crippen molar-refractivity contribution in [1.29, 1.82) is 0 Å². The highest BCUT2D eigenvalue weighted by atomic mass is 16.5. The smallest absolute Gasteiger partial charge is 0.119 e. The standard InChI is InChI=1S/C19H18O/c1-14-4-3-5-17(12-14)15-6-7-16-10-11-19(20-2)13-18(16)9-8-15/h3-5,7-13H,6H2,1-2H3. The summed E-state index contributed by atoms with van der Waals surface area (Å²) < 4.78 is 5.29. The Morgan fingerprint density at radius 1 is 0.950 bits per heavy atom. The molecule has 0 atom stereocenters. The fourth-order valence-corrected chi connectivity index (χ4v) is 2.55. The number of benzene rings is 2. The van der Waals surface area contributed by atoms with E-state index in [9.17, 15) is 0 Å². The molecule has 2 aromatic carbocycles. The van der Waals surface area contributed by atoms with Gasteiger partial charge < -0.3 is 4.74 Å². The van der Waals surface area contributed by atoms with Crippen molar-refractivity contribution < 1.29 is 4.74 Å². The molecular weight excluding hydrogens is 244 g/mol. The maximum absolute atomic E-state index is 5.29. The molecule has 1 aliphatic rings. The third kappa shape index (κ3) is 2.53. The number of aryl methyl sites for hydroxylation is 1. The first kappa shape index (κ1) is 12.7. The molecule has 1 aliphatic carbocycles. The number of allylic oxidation sites excluding steroid dienone is 2. The summed E-state index contributed by atoms with van der Waals surface area (Å²) in [4.78, 5) is 0. The number of hydrogen-bond donors (Lipinski definition) is 0. The van der Waals surface area contributed by atoms with Gasteiger partial charge in [0, 0.05) is 0 Å². The van der Waals surface area contributed by atoms with Crippen LogP contribution < -0.4 is 15.2 Å². The topological polar surface area (TPSA) is 9.23 Å². The Bertz CT molecular complexity index is 782. The lowest BCUT2D eigenvalue weighted by atomic mass is 10.0. The van der Waals surface area contributed by atoms with E-state index in [1.54, 1.807) is 7.11 Å². The quantitative estimate of drug-likeness (QED) is 0.808. The molecule has 20 heavy (non-hydrogen) atoms. The second kappa shape index (κ2) is 5.38. The highest BCUT2D eigenvalue weighted by Crippen LogP contribution is 2.20. The molecule has 0 N–H and O–H groups in total. The van der Waals surface area contributed by atoms with Crippen molar-refractivity contribution in [3.63, 3.8) is 0 Å². The van der Waals surface area contributed by atoms with Crippen molar-refractivity contribution >= 4 is 17.7 Å².